The van der Waals surface area contributed by atoms with Crippen molar-refractivity contribution in [1.29, 1.82) is 0 Å². The summed E-state index contributed by atoms with van der Waals surface area (Å²) in [4.78, 5) is 32.9. The Labute approximate surface area is 220 Å². The Morgan fingerprint density at radius 1 is 1.05 bits per heavy atom. The van der Waals surface area contributed by atoms with Gasteiger partial charge in [-0.25, -0.2) is 14.4 Å². The number of hydrogen-bond donors (Lipinski definition) is 3. The number of rotatable bonds is 11. The van der Waals surface area contributed by atoms with E-state index >= 15 is 0 Å². The Kier molecular flexibility index (Phi) is 9.03. The number of fused-ring (bicyclic) bond motifs is 1. The maximum Gasteiger partial charge on any atom is 0.233 e. The Morgan fingerprint density at radius 3 is 2.53 bits per heavy atom. The van der Waals surface area contributed by atoms with Crippen LogP contribution in [0.15, 0.2) is 42.7 Å². The van der Waals surface area contributed by atoms with Gasteiger partial charge in [0.15, 0.2) is 0 Å². The van der Waals surface area contributed by atoms with Gasteiger partial charge in [-0.1, -0.05) is 6.92 Å². The third kappa shape index (κ3) is 7.36. The van der Waals surface area contributed by atoms with Gasteiger partial charge in [0.1, 0.15) is 36.7 Å². The molecule has 0 unspecified atom stereocenters. The number of hydrogen-bond acceptors (Lipinski definition) is 8. The molecule has 0 bridgehead atoms. The lowest BCUT2D eigenvalue weighted by atomic mass is 9.82. The van der Waals surface area contributed by atoms with Crippen LogP contribution in [-0.4, -0.2) is 61.9 Å². The van der Waals surface area contributed by atoms with Crippen LogP contribution in [-0.2, 0) is 19.1 Å². The molecule has 0 saturated carbocycles. The minimum absolute atomic E-state index is 0.00867. The topological polar surface area (TPSA) is 124 Å². The first-order valence-corrected chi connectivity index (χ1v) is 12.4. The van der Waals surface area contributed by atoms with Gasteiger partial charge in [0.2, 0.25) is 11.8 Å². The predicted molar refractivity (Wildman–Crippen MR) is 141 cm³/mol. The highest BCUT2D eigenvalue weighted by atomic mass is 19.1. The molecule has 3 aromatic rings. The molecule has 1 fully saturated rings. The largest absolute Gasteiger partial charge is 0.491 e. The summed E-state index contributed by atoms with van der Waals surface area (Å²) in [5.74, 6) is -0.608. The number of carbonyl (C=O) groups excluding carboxylic acids is 2. The molecule has 0 spiro atoms. The summed E-state index contributed by atoms with van der Waals surface area (Å²) in [7, 11) is 1.56. The van der Waals surface area contributed by atoms with Gasteiger partial charge < -0.3 is 30.2 Å². The number of ether oxygens (including phenoxy) is 3. The van der Waals surface area contributed by atoms with Crippen LogP contribution in [0.2, 0.25) is 0 Å². The molecule has 4 rings (SSSR count). The van der Waals surface area contributed by atoms with Crippen LogP contribution < -0.4 is 20.7 Å². The Hall–Kier alpha value is -3.83. The number of amides is 2. The van der Waals surface area contributed by atoms with Crippen molar-refractivity contribution in [2.75, 3.05) is 50.7 Å². The molecule has 0 aliphatic carbocycles. The van der Waals surface area contributed by atoms with Crippen molar-refractivity contribution in [1.82, 2.24) is 15.3 Å². The summed E-state index contributed by atoms with van der Waals surface area (Å²) in [5.41, 5.74) is 1.54. The summed E-state index contributed by atoms with van der Waals surface area (Å²) in [6.45, 7) is 4.68. The number of benzene rings is 2. The van der Waals surface area contributed by atoms with Crippen LogP contribution in [0.25, 0.3) is 10.9 Å². The third-order valence-electron chi connectivity index (χ3n) is 6.38. The van der Waals surface area contributed by atoms with Crippen LogP contribution in [0.1, 0.15) is 26.2 Å². The minimum atomic E-state index is -0.522. The smallest absolute Gasteiger partial charge is 0.233 e. The molecule has 10 nitrogen and oxygen atoms in total. The van der Waals surface area contributed by atoms with Crippen molar-refractivity contribution < 1.29 is 28.2 Å². The average Bonchev–Trinajstić information content (AvgIpc) is 2.89. The number of nitrogens with zero attached hydrogens (tertiary/aromatic N) is 2. The summed E-state index contributed by atoms with van der Waals surface area (Å²) >= 11 is 0. The molecule has 2 amide bonds. The SMILES string of the molecule is COCCOc1cc(F)c2c(Nc3ccc(NC(=O)CC(=O)NCC4(C)CCOCC4)cc3)ncnc2c1. The molecule has 1 saturated heterocycles. The lowest BCUT2D eigenvalue weighted by Crippen LogP contribution is -2.40. The van der Waals surface area contributed by atoms with E-state index in [1.807, 2.05) is 0 Å². The monoisotopic (exact) mass is 525 g/mol. The zero-order valence-corrected chi connectivity index (χ0v) is 21.5. The van der Waals surface area contributed by atoms with Gasteiger partial charge in [-0.15, -0.1) is 0 Å². The Morgan fingerprint density at radius 2 is 1.79 bits per heavy atom. The quantitative estimate of drug-likeness (QED) is 0.255. The molecule has 202 valence electrons. The molecule has 2 heterocycles. The molecule has 11 heteroatoms. The van der Waals surface area contributed by atoms with Gasteiger partial charge in [-0.05, 0) is 42.5 Å². The average molecular weight is 526 g/mol. The van der Waals surface area contributed by atoms with Crippen molar-refractivity contribution >= 4 is 39.9 Å². The van der Waals surface area contributed by atoms with E-state index in [1.165, 1.54) is 12.4 Å². The fourth-order valence-electron chi connectivity index (χ4n) is 4.08. The molecule has 38 heavy (non-hydrogen) atoms. The van der Waals surface area contributed by atoms with Crippen LogP contribution >= 0.6 is 0 Å². The van der Waals surface area contributed by atoms with Gasteiger partial charge in [0.05, 0.1) is 17.5 Å². The van der Waals surface area contributed by atoms with E-state index in [-0.39, 0.29) is 23.1 Å². The fourth-order valence-corrected chi connectivity index (χ4v) is 4.08. The molecule has 0 atom stereocenters. The first kappa shape index (κ1) is 27.2. The van der Waals surface area contributed by atoms with E-state index in [0.717, 1.165) is 12.8 Å². The molecule has 2 aromatic carbocycles. The maximum atomic E-state index is 14.9. The normalized spacial score (nSPS) is 14.6. The van der Waals surface area contributed by atoms with Crippen molar-refractivity contribution in [3.8, 4) is 5.75 Å². The van der Waals surface area contributed by atoms with Crippen molar-refractivity contribution in [2.45, 2.75) is 26.2 Å². The highest BCUT2D eigenvalue weighted by molar-refractivity contribution is 6.03. The van der Waals surface area contributed by atoms with Gasteiger partial charge >= 0.3 is 0 Å². The molecule has 1 aromatic heterocycles. The summed E-state index contributed by atoms with van der Waals surface area (Å²) in [5, 5.41) is 8.89. The number of carbonyl (C=O) groups is 2. The standard InChI is InChI=1S/C27H32FN5O5/c1-27(7-9-37-10-8-27)16-29-23(34)15-24(35)32-18-3-5-19(6-4-18)33-26-25-21(28)13-20(38-12-11-36-2)14-22(25)30-17-31-26/h3-6,13-14,17H,7-12,15-16H2,1-2H3,(H,29,34)(H,32,35)(H,30,31,33). The van der Waals surface area contributed by atoms with Crippen molar-refractivity contribution in [3.63, 3.8) is 0 Å². The van der Waals surface area contributed by atoms with Crippen LogP contribution in [0.4, 0.5) is 21.6 Å². The van der Waals surface area contributed by atoms with Gasteiger partial charge in [0, 0.05) is 50.4 Å². The van der Waals surface area contributed by atoms with E-state index in [2.05, 4.69) is 32.8 Å². The highest BCUT2D eigenvalue weighted by Crippen LogP contribution is 2.30. The van der Waals surface area contributed by atoms with Gasteiger partial charge in [-0.2, -0.15) is 0 Å². The number of nitrogens with one attached hydrogen (secondary N) is 3. The van der Waals surface area contributed by atoms with Gasteiger partial charge in [-0.3, -0.25) is 9.59 Å². The zero-order valence-electron chi connectivity index (χ0n) is 21.5. The molecular formula is C27H32FN5O5. The number of methoxy groups -OCH3 is 1. The molecule has 0 radical (unpaired) electrons. The van der Waals surface area contributed by atoms with Crippen LogP contribution in [0.5, 0.6) is 5.75 Å². The maximum absolute atomic E-state index is 14.9. The molecule has 1 aliphatic rings. The summed E-state index contributed by atoms with van der Waals surface area (Å²) < 4.78 is 30.7. The van der Waals surface area contributed by atoms with Gasteiger partial charge in [0.25, 0.3) is 0 Å². The number of halogens is 1. The van der Waals surface area contributed by atoms with Crippen LogP contribution in [0, 0.1) is 11.2 Å². The van der Waals surface area contributed by atoms with Crippen molar-refractivity contribution in [2.24, 2.45) is 5.41 Å². The van der Waals surface area contributed by atoms with E-state index in [0.29, 0.717) is 61.4 Å². The van der Waals surface area contributed by atoms with E-state index in [4.69, 9.17) is 14.2 Å². The summed E-state index contributed by atoms with van der Waals surface area (Å²) in [6.07, 6.45) is 2.82. The molecule has 3 N–H and O–H groups in total. The fraction of sp³-hybridized carbons (Fsp3) is 0.407. The van der Waals surface area contributed by atoms with E-state index in [1.54, 1.807) is 37.4 Å². The van der Waals surface area contributed by atoms with E-state index < -0.39 is 11.7 Å². The Bertz CT molecular complexity index is 1260. The number of aromatic nitrogens is 2. The lowest BCUT2D eigenvalue weighted by molar-refractivity contribution is -0.127. The first-order valence-electron chi connectivity index (χ1n) is 12.4. The molecular weight excluding hydrogens is 493 g/mol. The second-order valence-corrected chi connectivity index (χ2v) is 9.49. The predicted octanol–water partition coefficient (Wildman–Crippen LogP) is 3.80. The summed E-state index contributed by atoms with van der Waals surface area (Å²) in [6, 6.07) is 9.72. The minimum Gasteiger partial charge on any atom is -0.491 e. The highest BCUT2D eigenvalue weighted by Gasteiger charge is 2.28. The first-order chi connectivity index (χ1) is 18.3. The lowest BCUT2D eigenvalue weighted by Gasteiger charge is -2.33. The Balaban J connectivity index is 1.32. The van der Waals surface area contributed by atoms with Crippen molar-refractivity contribution in [3.05, 3.63) is 48.5 Å². The zero-order chi connectivity index (χ0) is 27.0. The van der Waals surface area contributed by atoms with E-state index in [9.17, 15) is 14.0 Å². The second kappa shape index (κ2) is 12.6. The van der Waals surface area contributed by atoms with Crippen LogP contribution in [0.3, 0.4) is 0 Å². The molecule has 1 aliphatic heterocycles. The number of anilines is 3. The second-order valence-electron chi connectivity index (χ2n) is 9.49. The third-order valence-corrected chi connectivity index (χ3v) is 6.38.